The van der Waals surface area contributed by atoms with E-state index in [4.69, 9.17) is 5.73 Å². The average Bonchev–Trinajstić information content (AvgIpc) is 2.53. The van der Waals surface area contributed by atoms with Gasteiger partial charge in [-0.05, 0) is 32.6 Å². The maximum Gasteiger partial charge on any atom is 0.147 e. The molecule has 1 aromatic heterocycles. The highest BCUT2D eigenvalue weighted by Crippen LogP contribution is 2.41. The van der Waals surface area contributed by atoms with Crippen LogP contribution < -0.4 is 10.6 Å². The van der Waals surface area contributed by atoms with Gasteiger partial charge in [-0.3, -0.25) is 4.98 Å². The molecule has 0 saturated carbocycles. The summed E-state index contributed by atoms with van der Waals surface area (Å²) in [7, 11) is 0. The lowest BCUT2D eigenvalue weighted by molar-refractivity contribution is 0.305. The molecule has 1 unspecified atom stereocenters. The van der Waals surface area contributed by atoms with E-state index in [1.54, 1.807) is 12.4 Å². The lowest BCUT2D eigenvalue weighted by atomic mass is 9.85. The van der Waals surface area contributed by atoms with Crippen LogP contribution in [0.2, 0.25) is 0 Å². The monoisotopic (exact) mass is 218 g/mol. The molecular formula is C12H18N4. The van der Waals surface area contributed by atoms with E-state index >= 15 is 0 Å². The molecule has 2 aliphatic heterocycles. The first-order valence-corrected chi connectivity index (χ1v) is 5.99. The quantitative estimate of drug-likeness (QED) is 0.772. The molecule has 16 heavy (non-hydrogen) atoms. The van der Waals surface area contributed by atoms with Crippen LogP contribution in [0.3, 0.4) is 0 Å². The lowest BCUT2D eigenvalue weighted by Crippen LogP contribution is -2.54. The Bertz CT molecular complexity index is 360. The number of rotatable bonds is 1. The summed E-state index contributed by atoms with van der Waals surface area (Å²) in [5.41, 5.74) is 6.28. The first-order valence-electron chi connectivity index (χ1n) is 5.99. The van der Waals surface area contributed by atoms with E-state index in [0.29, 0.717) is 12.1 Å². The van der Waals surface area contributed by atoms with Crippen LogP contribution in [0.5, 0.6) is 0 Å². The Balaban J connectivity index is 1.89. The molecule has 2 saturated heterocycles. The highest BCUT2D eigenvalue weighted by Gasteiger charge is 2.44. The van der Waals surface area contributed by atoms with E-state index in [1.165, 1.54) is 12.8 Å². The Morgan fingerprint density at radius 1 is 1.31 bits per heavy atom. The van der Waals surface area contributed by atoms with Crippen molar-refractivity contribution in [2.75, 3.05) is 4.90 Å². The molecule has 0 aliphatic carbocycles. The lowest BCUT2D eigenvalue weighted by Gasteiger charge is -2.43. The highest BCUT2D eigenvalue weighted by molar-refractivity contribution is 5.42. The standard InChI is InChI=1S/C12H18N4/c1-12(13)6-9-2-3-10(7-12)16(9)11-8-14-4-5-15-11/h4-5,8-10H,2-3,6-7,13H2,1H3/t9-,10+,12?. The fraction of sp³-hybridized carbons (Fsp3) is 0.667. The predicted octanol–water partition coefficient (Wildman–Crippen LogP) is 1.33. The molecule has 3 atom stereocenters. The number of nitrogens with zero attached hydrogens (tertiary/aromatic N) is 3. The molecule has 0 amide bonds. The minimum Gasteiger partial charge on any atom is -0.349 e. The van der Waals surface area contributed by atoms with Crippen molar-refractivity contribution in [2.24, 2.45) is 5.73 Å². The Hall–Kier alpha value is -1.16. The molecule has 86 valence electrons. The molecule has 2 fully saturated rings. The Morgan fingerprint density at radius 2 is 2.00 bits per heavy atom. The van der Waals surface area contributed by atoms with Crippen molar-refractivity contribution >= 4 is 5.82 Å². The third kappa shape index (κ3) is 1.57. The Kier molecular flexibility index (Phi) is 2.14. The summed E-state index contributed by atoms with van der Waals surface area (Å²) in [5.74, 6) is 1.02. The summed E-state index contributed by atoms with van der Waals surface area (Å²) in [4.78, 5) is 11.0. The second kappa shape index (κ2) is 3.42. The van der Waals surface area contributed by atoms with Gasteiger partial charge in [0.2, 0.25) is 0 Å². The minimum absolute atomic E-state index is 0.00451. The van der Waals surface area contributed by atoms with Gasteiger partial charge in [0.1, 0.15) is 5.82 Å². The molecule has 3 rings (SSSR count). The molecule has 3 heterocycles. The highest BCUT2D eigenvalue weighted by atomic mass is 15.3. The number of anilines is 1. The van der Waals surface area contributed by atoms with Crippen LogP contribution >= 0.6 is 0 Å². The molecule has 4 heteroatoms. The summed E-state index contributed by atoms with van der Waals surface area (Å²) >= 11 is 0. The van der Waals surface area contributed by atoms with Crippen LogP contribution in [-0.2, 0) is 0 Å². The van der Waals surface area contributed by atoms with E-state index in [0.717, 1.165) is 18.7 Å². The topological polar surface area (TPSA) is 55.0 Å². The number of hydrogen-bond donors (Lipinski definition) is 1. The van der Waals surface area contributed by atoms with Crippen molar-refractivity contribution in [3.8, 4) is 0 Å². The summed E-state index contributed by atoms with van der Waals surface area (Å²) < 4.78 is 0. The third-order valence-electron chi connectivity index (χ3n) is 3.84. The van der Waals surface area contributed by atoms with Crippen LogP contribution in [0.25, 0.3) is 0 Å². The van der Waals surface area contributed by atoms with Gasteiger partial charge in [0, 0.05) is 30.0 Å². The van der Waals surface area contributed by atoms with Gasteiger partial charge in [0.15, 0.2) is 0 Å². The van der Waals surface area contributed by atoms with Gasteiger partial charge in [-0.15, -0.1) is 0 Å². The molecule has 0 radical (unpaired) electrons. The Morgan fingerprint density at radius 3 is 2.56 bits per heavy atom. The van der Waals surface area contributed by atoms with E-state index in [1.807, 2.05) is 6.20 Å². The van der Waals surface area contributed by atoms with Crippen LogP contribution in [0.1, 0.15) is 32.6 Å². The summed E-state index contributed by atoms with van der Waals surface area (Å²) in [6, 6.07) is 1.12. The largest absolute Gasteiger partial charge is 0.349 e. The number of fused-ring (bicyclic) bond motifs is 2. The van der Waals surface area contributed by atoms with Gasteiger partial charge in [-0.1, -0.05) is 0 Å². The van der Waals surface area contributed by atoms with E-state index < -0.39 is 0 Å². The molecule has 0 aromatic carbocycles. The molecular weight excluding hydrogens is 200 g/mol. The van der Waals surface area contributed by atoms with Gasteiger partial charge in [-0.25, -0.2) is 4.98 Å². The summed E-state index contributed by atoms with van der Waals surface area (Å²) in [6.45, 7) is 2.17. The molecule has 0 spiro atoms. The van der Waals surface area contributed by atoms with E-state index in [2.05, 4.69) is 21.8 Å². The zero-order valence-electron chi connectivity index (χ0n) is 9.63. The van der Waals surface area contributed by atoms with Crippen molar-refractivity contribution in [1.82, 2.24) is 9.97 Å². The zero-order chi connectivity index (χ0) is 11.2. The molecule has 2 aliphatic rings. The molecule has 2 N–H and O–H groups in total. The second-order valence-electron chi connectivity index (χ2n) is 5.42. The van der Waals surface area contributed by atoms with Crippen LogP contribution in [0.4, 0.5) is 5.82 Å². The van der Waals surface area contributed by atoms with Crippen molar-refractivity contribution in [1.29, 1.82) is 0 Å². The fourth-order valence-corrected chi connectivity index (χ4v) is 3.32. The second-order valence-corrected chi connectivity index (χ2v) is 5.42. The van der Waals surface area contributed by atoms with Crippen LogP contribution in [0, 0.1) is 0 Å². The first kappa shape index (κ1) is 10.0. The van der Waals surface area contributed by atoms with Gasteiger partial charge in [-0.2, -0.15) is 0 Å². The number of aromatic nitrogens is 2. The minimum atomic E-state index is 0.00451. The van der Waals surface area contributed by atoms with Crippen molar-refractivity contribution < 1.29 is 0 Å². The first-order chi connectivity index (χ1) is 7.66. The fourth-order valence-electron chi connectivity index (χ4n) is 3.32. The maximum atomic E-state index is 6.28. The SMILES string of the molecule is CC1(N)C[C@H]2CC[C@@H](C1)N2c1cnccn1. The molecule has 1 aromatic rings. The van der Waals surface area contributed by atoms with Crippen molar-refractivity contribution in [2.45, 2.75) is 50.2 Å². The molecule has 2 bridgehead atoms. The number of hydrogen-bond acceptors (Lipinski definition) is 4. The maximum absolute atomic E-state index is 6.28. The molecule has 4 nitrogen and oxygen atoms in total. The van der Waals surface area contributed by atoms with Crippen LogP contribution in [-0.4, -0.2) is 27.6 Å². The number of piperidine rings is 1. The van der Waals surface area contributed by atoms with Gasteiger partial charge < -0.3 is 10.6 Å². The van der Waals surface area contributed by atoms with E-state index in [9.17, 15) is 0 Å². The van der Waals surface area contributed by atoms with Crippen LogP contribution in [0.15, 0.2) is 18.6 Å². The third-order valence-corrected chi connectivity index (χ3v) is 3.84. The van der Waals surface area contributed by atoms with Gasteiger partial charge in [0.25, 0.3) is 0 Å². The smallest absolute Gasteiger partial charge is 0.147 e. The van der Waals surface area contributed by atoms with Crippen molar-refractivity contribution in [3.05, 3.63) is 18.6 Å². The van der Waals surface area contributed by atoms with Gasteiger partial charge >= 0.3 is 0 Å². The predicted molar refractivity (Wildman–Crippen MR) is 63.1 cm³/mol. The summed E-state index contributed by atoms with van der Waals surface area (Å²) in [5, 5.41) is 0. The summed E-state index contributed by atoms with van der Waals surface area (Å²) in [6.07, 6.45) is 9.99. The average molecular weight is 218 g/mol. The zero-order valence-corrected chi connectivity index (χ0v) is 9.63. The van der Waals surface area contributed by atoms with Gasteiger partial charge in [0.05, 0.1) is 6.20 Å². The van der Waals surface area contributed by atoms with E-state index in [-0.39, 0.29) is 5.54 Å². The number of nitrogens with two attached hydrogens (primary N) is 1. The Labute approximate surface area is 95.9 Å². The van der Waals surface area contributed by atoms with Crippen molar-refractivity contribution in [3.63, 3.8) is 0 Å². The normalized spacial score (nSPS) is 37.8.